The maximum absolute atomic E-state index is 5.57. The Morgan fingerprint density at radius 3 is 2.71 bits per heavy atom. The highest BCUT2D eigenvalue weighted by molar-refractivity contribution is 7.13. The zero-order valence-electron chi connectivity index (χ0n) is 11.8. The van der Waals surface area contributed by atoms with E-state index in [1.165, 1.54) is 11.3 Å². The topological polar surface area (TPSA) is 55.7 Å². The number of nitrogens with zero attached hydrogens (tertiary/aromatic N) is 2. The number of anilines is 1. The summed E-state index contributed by atoms with van der Waals surface area (Å²) in [5.41, 5.74) is 5.96. The first-order chi connectivity index (χ1) is 10.3. The predicted molar refractivity (Wildman–Crippen MR) is 83.8 cm³/mol. The minimum Gasteiger partial charge on any atom is -0.348 e. The van der Waals surface area contributed by atoms with E-state index < -0.39 is 0 Å². The van der Waals surface area contributed by atoms with Gasteiger partial charge in [-0.25, -0.2) is 4.98 Å². The molecule has 2 heterocycles. The summed E-state index contributed by atoms with van der Waals surface area (Å²) < 4.78 is 11.1. The highest BCUT2D eigenvalue weighted by Gasteiger charge is 2.15. The Balaban J connectivity index is 1.58. The molecule has 1 aromatic carbocycles. The molecule has 5 nitrogen and oxygen atoms in total. The van der Waals surface area contributed by atoms with E-state index >= 15 is 0 Å². The van der Waals surface area contributed by atoms with E-state index in [1.807, 2.05) is 36.6 Å². The Morgan fingerprint density at radius 1 is 1.29 bits per heavy atom. The second-order valence-corrected chi connectivity index (χ2v) is 5.62. The van der Waals surface area contributed by atoms with E-state index in [0.717, 1.165) is 41.6 Å². The molecule has 0 bridgehead atoms. The van der Waals surface area contributed by atoms with Gasteiger partial charge < -0.3 is 9.47 Å². The number of thiazole rings is 1. The van der Waals surface area contributed by atoms with Gasteiger partial charge in [0.05, 0.1) is 25.1 Å². The maximum atomic E-state index is 5.57. The molecule has 2 aromatic rings. The minimum absolute atomic E-state index is 0.235. The van der Waals surface area contributed by atoms with Crippen molar-refractivity contribution < 1.29 is 9.47 Å². The van der Waals surface area contributed by atoms with Gasteiger partial charge in [-0.1, -0.05) is 24.3 Å². The second kappa shape index (κ2) is 6.80. The number of rotatable bonds is 4. The highest BCUT2D eigenvalue weighted by atomic mass is 32.1. The zero-order valence-corrected chi connectivity index (χ0v) is 12.6. The first kappa shape index (κ1) is 14.2. The molecule has 1 aromatic heterocycles. The van der Waals surface area contributed by atoms with Crippen molar-refractivity contribution in [2.75, 3.05) is 18.6 Å². The molecule has 1 aliphatic rings. The summed E-state index contributed by atoms with van der Waals surface area (Å²) >= 11 is 1.54. The van der Waals surface area contributed by atoms with E-state index in [4.69, 9.17) is 9.47 Å². The third kappa shape index (κ3) is 3.87. The van der Waals surface area contributed by atoms with Crippen LogP contribution in [-0.4, -0.2) is 24.4 Å². The average Bonchev–Trinajstić information content (AvgIpc) is 2.94. The number of hydrazone groups is 1. The SMILES string of the molecule is Cc1csc(NN=Cc2ccc(C3OCCCO3)cc2)n1. The minimum atomic E-state index is -0.235. The van der Waals surface area contributed by atoms with Crippen molar-refractivity contribution >= 4 is 22.7 Å². The van der Waals surface area contributed by atoms with Gasteiger partial charge in [0.15, 0.2) is 6.29 Å². The van der Waals surface area contributed by atoms with E-state index in [0.29, 0.717) is 0 Å². The number of ether oxygens (including phenoxy) is 2. The van der Waals surface area contributed by atoms with Crippen LogP contribution in [0.1, 0.15) is 29.5 Å². The van der Waals surface area contributed by atoms with Crippen molar-refractivity contribution in [1.82, 2.24) is 4.98 Å². The Hall–Kier alpha value is -1.76. The fourth-order valence-electron chi connectivity index (χ4n) is 1.99. The number of hydrogen-bond donors (Lipinski definition) is 1. The van der Waals surface area contributed by atoms with Crippen LogP contribution in [0.2, 0.25) is 0 Å². The van der Waals surface area contributed by atoms with Crippen molar-refractivity contribution in [3.63, 3.8) is 0 Å². The van der Waals surface area contributed by atoms with Crippen LogP contribution in [-0.2, 0) is 9.47 Å². The normalized spacial score (nSPS) is 16.4. The van der Waals surface area contributed by atoms with Crippen LogP contribution < -0.4 is 5.43 Å². The van der Waals surface area contributed by atoms with Crippen LogP contribution in [0.5, 0.6) is 0 Å². The first-order valence-corrected chi connectivity index (χ1v) is 7.73. The third-order valence-corrected chi connectivity index (χ3v) is 3.89. The lowest BCUT2D eigenvalue weighted by Gasteiger charge is -2.23. The zero-order chi connectivity index (χ0) is 14.5. The molecule has 0 amide bonds. The molecular formula is C15H17N3O2S. The maximum Gasteiger partial charge on any atom is 0.203 e. The van der Waals surface area contributed by atoms with E-state index in [1.54, 1.807) is 6.21 Å². The van der Waals surface area contributed by atoms with Crippen LogP contribution in [0.3, 0.4) is 0 Å². The molecule has 0 aliphatic carbocycles. The lowest BCUT2D eigenvalue weighted by atomic mass is 10.1. The van der Waals surface area contributed by atoms with Gasteiger partial charge in [-0.15, -0.1) is 11.3 Å². The van der Waals surface area contributed by atoms with E-state index in [2.05, 4.69) is 15.5 Å². The number of hydrogen-bond acceptors (Lipinski definition) is 6. The first-order valence-electron chi connectivity index (χ1n) is 6.85. The van der Waals surface area contributed by atoms with Gasteiger partial charge in [-0.05, 0) is 18.9 Å². The molecule has 0 spiro atoms. The molecule has 1 fully saturated rings. The molecule has 3 rings (SSSR count). The van der Waals surface area contributed by atoms with Gasteiger partial charge in [0.25, 0.3) is 0 Å². The van der Waals surface area contributed by atoms with Crippen LogP contribution >= 0.6 is 11.3 Å². The third-order valence-electron chi connectivity index (χ3n) is 3.03. The molecule has 21 heavy (non-hydrogen) atoms. The second-order valence-electron chi connectivity index (χ2n) is 4.76. The fourth-order valence-corrected chi connectivity index (χ4v) is 2.62. The van der Waals surface area contributed by atoms with Crippen molar-refractivity contribution in [2.24, 2.45) is 5.10 Å². The summed E-state index contributed by atoms with van der Waals surface area (Å²) in [5.74, 6) is 0. The van der Waals surface area contributed by atoms with Gasteiger partial charge >= 0.3 is 0 Å². The molecule has 0 radical (unpaired) electrons. The van der Waals surface area contributed by atoms with Gasteiger partial charge in [-0.3, -0.25) is 5.43 Å². The van der Waals surface area contributed by atoms with Crippen LogP contribution in [0, 0.1) is 6.92 Å². The van der Waals surface area contributed by atoms with Crippen molar-refractivity contribution in [1.29, 1.82) is 0 Å². The molecule has 0 saturated carbocycles. The van der Waals surface area contributed by atoms with E-state index in [-0.39, 0.29) is 6.29 Å². The number of nitrogens with one attached hydrogen (secondary N) is 1. The van der Waals surface area contributed by atoms with Crippen molar-refractivity contribution in [3.05, 3.63) is 46.5 Å². The fraction of sp³-hybridized carbons (Fsp3) is 0.333. The Labute approximate surface area is 127 Å². The van der Waals surface area contributed by atoms with Gasteiger partial charge in [-0.2, -0.15) is 5.10 Å². The van der Waals surface area contributed by atoms with Gasteiger partial charge in [0.2, 0.25) is 5.13 Å². The lowest BCUT2D eigenvalue weighted by molar-refractivity contribution is -0.183. The molecule has 0 atom stereocenters. The summed E-state index contributed by atoms with van der Waals surface area (Å²) in [6.45, 7) is 3.47. The quantitative estimate of drug-likeness (QED) is 0.695. The summed E-state index contributed by atoms with van der Waals surface area (Å²) in [6.07, 6.45) is 2.49. The molecular weight excluding hydrogens is 286 g/mol. The van der Waals surface area contributed by atoms with Crippen molar-refractivity contribution in [3.8, 4) is 0 Å². The van der Waals surface area contributed by atoms with Crippen molar-refractivity contribution in [2.45, 2.75) is 19.6 Å². The molecule has 110 valence electrons. The summed E-state index contributed by atoms with van der Waals surface area (Å²) in [5, 5.41) is 6.96. The molecule has 0 unspecified atom stereocenters. The lowest BCUT2D eigenvalue weighted by Crippen LogP contribution is -2.17. The molecule has 1 saturated heterocycles. The summed E-state index contributed by atoms with van der Waals surface area (Å²) in [6, 6.07) is 8.00. The largest absolute Gasteiger partial charge is 0.348 e. The Kier molecular flexibility index (Phi) is 4.59. The van der Waals surface area contributed by atoms with E-state index in [9.17, 15) is 0 Å². The van der Waals surface area contributed by atoms with Gasteiger partial charge in [0.1, 0.15) is 0 Å². The van der Waals surface area contributed by atoms with Crippen LogP contribution in [0.4, 0.5) is 5.13 Å². The summed E-state index contributed by atoms with van der Waals surface area (Å²) in [4.78, 5) is 4.28. The molecule has 1 aliphatic heterocycles. The Morgan fingerprint density at radius 2 is 2.05 bits per heavy atom. The summed E-state index contributed by atoms with van der Waals surface area (Å²) in [7, 11) is 0. The predicted octanol–water partition coefficient (Wildman–Crippen LogP) is 3.33. The standard InChI is InChI=1S/C15H17N3O2S/c1-11-10-21-15(17-11)18-16-9-12-3-5-13(6-4-12)14-19-7-2-8-20-14/h3-6,9-10,14H,2,7-8H2,1H3,(H,17,18). The average molecular weight is 303 g/mol. The number of benzene rings is 1. The monoisotopic (exact) mass is 303 g/mol. The Bertz CT molecular complexity index is 604. The van der Waals surface area contributed by atoms with Crippen LogP contribution in [0.25, 0.3) is 0 Å². The number of aryl methyl sites for hydroxylation is 1. The highest BCUT2D eigenvalue weighted by Crippen LogP contribution is 2.22. The molecule has 6 heteroatoms. The smallest absolute Gasteiger partial charge is 0.203 e. The number of aromatic nitrogens is 1. The van der Waals surface area contributed by atoms with Gasteiger partial charge in [0, 0.05) is 10.9 Å². The molecule has 1 N–H and O–H groups in total. The van der Waals surface area contributed by atoms with Crippen LogP contribution in [0.15, 0.2) is 34.7 Å².